The quantitative estimate of drug-likeness (QED) is 0.317. The van der Waals surface area contributed by atoms with Crippen molar-refractivity contribution in [3.05, 3.63) is 75.5 Å². The van der Waals surface area contributed by atoms with Crippen molar-refractivity contribution < 1.29 is 18.9 Å². The number of carbonyl (C=O) groups is 1. The van der Waals surface area contributed by atoms with Gasteiger partial charge < -0.3 is 14.5 Å². The molecule has 0 spiro atoms. The lowest BCUT2D eigenvalue weighted by Gasteiger charge is -2.05. The third kappa shape index (κ3) is 5.36. The molecule has 0 saturated heterocycles. The number of rotatable bonds is 8. The third-order valence-corrected chi connectivity index (χ3v) is 4.22. The summed E-state index contributed by atoms with van der Waals surface area (Å²) in [5, 5.41) is 18.3. The molecule has 10 heteroatoms. The average Bonchev–Trinajstić information content (AvgIpc) is 3.21. The zero-order valence-electron chi connectivity index (χ0n) is 15.8. The van der Waals surface area contributed by atoms with Crippen LogP contribution in [0.3, 0.4) is 0 Å². The summed E-state index contributed by atoms with van der Waals surface area (Å²) < 4.78 is 10.9. The number of ether oxygens (including phenoxy) is 1. The van der Waals surface area contributed by atoms with E-state index in [4.69, 9.17) is 20.8 Å². The Morgan fingerprint density at radius 3 is 2.70 bits per heavy atom. The number of nitro benzene ring substituents is 1. The maximum Gasteiger partial charge on any atom is 0.273 e. The molecule has 3 aromatic rings. The number of methoxy groups -OCH3 is 1. The molecule has 1 aromatic heterocycles. The van der Waals surface area contributed by atoms with Gasteiger partial charge in [-0.05, 0) is 42.5 Å². The summed E-state index contributed by atoms with van der Waals surface area (Å²) in [6.45, 7) is 0.0301. The van der Waals surface area contributed by atoms with Gasteiger partial charge in [0.15, 0.2) is 0 Å². The Hall–Kier alpha value is -3.85. The van der Waals surface area contributed by atoms with E-state index in [9.17, 15) is 14.9 Å². The lowest BCUT2D eigenvalue weighted by molar-refractivity contribution is -0.384. The molecule has 3 rings (SSSR count). The molecule has 9 nitrogen and oxygen atoms in total. The number of carbonyl (C=O) groups excluding carboxylic acids is 1. The van der Waals surface area contributed by atoms with E-state index in [-0.39, 0.29) is 18.1 Å². The zero-order valence-corrected chi connectivity index (χ0v) is 16.6. The van der Waals surface area contributed by atoms with E-state index in [1.54, 1.807) is 42.5 Å². The van der Waals surface area contributed by atoms with Gasteiger partial charge >= 0.3 is 0 Å². The van der Waals surface area contributed by atoms with Crippen LogP contribution in [0.2, 0.25) is 5.02 Å². The number of nitro groups is 1. The van der Waals surface area contributed by atoms with Gasteiger partial charge in [-0.3, -0.25) is 14.9 Å². The Bertz CT molecular complexity index is 1080. The smallest absolute Gasteiger partial charge is 0.273 e. The third-order valence-electron chi connectivity index (χ3n) is 3.97. The van der Waals surface area contributed by atoms with E-state index < -0.39 is 4.92 Å². The summed E-state index contributed by atoms with van der Waals surface area (Å²) in [5.74, 6) is 0.795. The molecule has 0 aliphatic rings. The molecule has 0 fully saturated rings. The van der Waals surface area contributed by atoms with Crippen molar-refractivity contribution in [1.29, 1.82) is 0 Å². The first-order chi connectivity index (χ1) is 14.5. The molecule has 30 heavy (non-hydrogen) atoms. The minimum absolute atomic E-state index is 0.0301. The van der Waals surface area contributed by atoms with Crippen LogP contribution in [0.1, 0.15) is 5.76 Å². The number of nitrogens with one attached hydrogen (secondary N) is 2. The van der Waals surface area contributed by atoms with Gasteiger partial charge in [-0.25, -0.2) is 5.43 Å². The molecular weight excluding hydrogens is 412 g/mol. The Balaban J connectivity index is 1.58. The van der Waals surface area contributed by atoms with Gasteiger partial charge in [-0.15, -0.1) is 0 Å². The van der Waals surface area contributed by atoms with Gasteiger partial charge in [0.25, 0.3) is 11.6 Å². The molecule has 0 aliphatic carbocycles. The second-order valence-corrected chi connectivity index (χ2v) is 6.43. The lowest BCUT2D eigenvalue weighted by Crippen LogP contribution is -2.25. The maximum atomic E-state index is 11.9. The number of halogens is 1. The molecule has 0 bridgehead atoms. The van der Waals surface area contributed by atoms with Crippen LogP contribution in [0.4, 0.5) is 11.4 Å². The van der Waals surface area contributed by atoms with E-state index in [0.717, 1.165) is 5.69 Å². The van der Waals surface area contributed by atoms with Crippen molar-refractivity contribution >= 4 is 35.1 Å². The number of hydrazone groups is 1. The summed E-state index contributed by atoms with van der Waals surface area (Å²) in [4.78, 5) is 22.3. The lowest BCUT2D eigenvalue weighted by atomic mass is 10.1. The molecular formula is C20H17ClN4O5. The van der Waals surface area contributed by atoms with Crippen LogP contribution >= 0.6 is 11.6 Å². The summed E-state index contributed by atoms with van der Waals surface area (Å²) in [7, 11) is 1.42. The first-order valence-electron chi connectivity index (χ1n) is 8.70. The van der Waals surface area contributed by atoms with Gasteiger partial charge in [0.1, 0.15) is 17.3 Å². The Morgan fingerprint density at radius 1 is 1.23 bits per heavy atom. The molecule has 0 saturated carbocycles. The van der Waals surface area contributed by atoms with E-state index in [1.165, 1.54) is 25.5 Å². The molecule has 1 heterocycles. The molecule has 1 amide bonds. The fourth-order valence-electron chi connectivity index (χ4n) is 2.52. The Morgan fingerprint density at radius 2 is 2.00 bits per heavy atom. The number of furan rings is 1. The highest BCUT2D eigenvalue weighted by Gasteiger charge is 2.15. The number of non-ortho nitro benzene ring substituents is 1. The summed E-state index contributed by atoms with van der Waals surface area (Å²) in [6.07, 6.45) is 1.35. The molecule has 0 atom stereocenters. The van der Waals surface area contributed by atoms with Crippen molar-refractivity contribution in [2.24, 2.45) is 5.10 Å². The van der Waals surface area contributed by atoms with E-state index in [2.05, 4.69) is 15.8 Å². The van der Waals surface area contributed by atoms with Gasteiger partial charge in [0.2, 0.25) is 0 Å². The summed E-state index contributed by atoms with van der Waals surface area (Å²) in [6, 6.07) is 14.5. The molecule has 2 N–H and O–H groups in total. The molecule has 0 radical (unpaired) electrons. The van der Waals surface area contributed by atoms with Crippen molar-refractivity contribution in [3.63, 3.8) is 0 Å². The number of benzene rings is 2. The fraction of sp³-hybridized carbons (Fsp3) is 0.100. The van der Waals surface area contributed by atoms with Crippen LogP contribution in [-0.2, 0) is 4.79 Å². The monoisotopic (exact) mass is 428 g/mol. The highest BCUT2D eigenvalue weighted by molar-refractivity contribution is 6.30. The number of anilines is 1. The van der Waals surface area contributed by atoms with Crippen molar-refractivity contribution in [2.45, 2.75) is 0 Å². The van der Waals surface area contributed by atoms with Crippen LogP contribution in [0.5, 0.6) is 5.75 Å². The summed E-state index contributed by atoms with van der Waals surface area (Å²) in [5.41, 5.74) is 3.61. The molecule has 0 unspecified atom stereocenters. The molecule has 154 valence electrons. The largest absolute Gasteiger partial charge is 0.496 e. The first kappa shape index (κ1) is 20.9. The van der Waals surface area contributed by atoms with Crippen LogP contribution in [0.25, 0.3) is 11.3 Å². The fourth-order valence-corrected chi connectivity index (χ4v) is 2.65. The number of hydrogen-bond acceptors (Lipinski definition) is 7. The van der Waals surface area contributed by atoms with Crippen LogP contribution in [0.15, 0.2) is 64.1 Å². The normalized spacial score (nSPS) is 10.7. The predicted octanol–water partition coefficient (Wildman–Crippen LogP) is 4.08. The number of hydrogen-bond donors (Lipinski definition) is 2. The van der Waals surface area contributed by atoms with Gasteiger partial charge in [-0.2, -0.15) is 5.10 Å². The summed E-state index contributed by atoms with van der Waals surface area (Å²) >= 11 is 5.81. The van der Waals surface area contributed by atoms with Crippen molar-refractivity contribution in [2.75, 3.05) is 19.0 Å². The topological polar surface area (TPSA) is 119 Å². The van der Waals surface area contributed by atoms with Gasteiger partial charge in [0.05, 0.1) is 36.4 Å². The Kier molecular flexibility index (Phi) is 6.66. The zero-order chi connectivity index (χ0) is 21.5. The van der Waals surface area contributed by atoms with Gasteiger partial charge in [0, 0.05) is 16.8 Å². The van der Waals surface area contributed by atoms with Crippen LogP contribution in [-0.4, -0.2) is 30.7 Å². The average molecular weight is 429 g/mol. The highest BCUT2D eigenvalue weighted by atomic mass is 35.5. The van der Waals surface area contributed by atoms with Crippen molar-refractivity contribution in [3.8, 4) is 17.1 Å². The second-order valence-electron chi connectivity index (χ2n) is 6.00. The van der Waals surface area contributed by atoms with E-state index in [1.807, 2.05) is 0 Å². The van der Waals surface area contributed by atoms with Crippen molar-refractivity contribution in [1.82, 2.24) is 5.43 Å². The number of amides is 1. The minimum atomic E-state index is -0.503. The SMILES string of the molecule is COc1cc([N+](=O)[O-])ccc1-c1ccc(/C=N\NC(=O)CNc2ccc(Cl)cc2)o1. The van der Waals surface area contributed by atoms with Gasteiger partial charge in [-0.1, -0.05) is 11.6 Å². The number of nitrogens with zero attached hydrogens (tertiary/aromatic N) is 2. The second kappa shape index (κ2) is 9.57. The Labute approximate surface area is 176 Å². The van der Waals surface area contributed by atoms with Crippen LogP contribution < -0.4 is 15.5 Å². The predicted molar refractivity (Wildman–Crippen MR) is 113 cm³/mol. The minimum Gasteiger partial charge on any atom is -0.496 e. The van der Waals surface area contributed by atoms with Crippen LogP contribution in [0, 0.1) is 10.1 Å². The van der Waals surface area contributed by atoms with E-state index in [0.29, 0.717) is 27.9 Å². The molecule has 0 aliphatic heterocycles. The first-order valence-corrected chi connectivity index (χ1v) is 9.08. The standard InChI is InChI=1S/C20H17ClN4O5/c1-29-19-10-15(25(27)28)6-8-17(19)18-9-7-16(30-18)11-23-24-20(26)12-22-14-4-2-13(21)3-5-14/h2-11,22H,12H2,1H3,(H,24,26)/b23-11-. The van der Waals surface area contributed by atoms with E-state index >= 15 is 0 Å². The molecule has 2 aromatic carbocycles. The highest BCUT2D eigenvalue weighted by Crippen LogP contribution is 2.34. The maximum absolute atomic E-state index is 11.9.